The predicted molar refractivity (Wildman–Crippen MR) is 158 cm³/mol. The van der Waals surface area contributed by atoms with E-state index in [1.54, 1.807) is 0 Å². The second kappa shape index (κ2) is 11.9. The van der Waals surface area contributed by atoms with Gasteiger partial charge in [-0.3, -0.25) is 9.35 Å². The van der Waals surface area contributed by atoms with Crippen LogP contribution in [0.3, 0.4) is 0 Å². The van der Waals surface area contributed by atoms with Crippen molar-refractivity contribution in [2.75, 3.05) is 27.2 Å². The van der Waals surface area contributed by atoms with Crippen molar-refractivity contribution in [1.29, 1.82) is 0 Å². The van der Waals surface area contributed by atoms with Crippen LogP contribution in [0.5, 0.6) is 0 Å². The molecule has 7 heteroatoms. The maximum Gasteiger partial charge on any atom is 0.319 e. The molecule has 0 aliphatic heterocycles. The van der Waals surface area contributed by atoms with Crippen LogP contribution >= 0.6 is 0 Å². The topological polar surface area (TPSA) is 83.5 Å². The number of carbonyl (C=O) groups excluding carboxylic acids is 1. The highest BCUT2D eigenvalue weighted by molar-refractivity contribution is 7.86. The summed E-state index contributed by atoms with van der Waals surface area (Å²) in [5.41, 5.74) is 1.00. The van der Waals surface area contributed by atoms with Crippen LogP contribution in [0.15, 0.2) is 0 Å². The summed E-state index contributed by atoms with van der Waals surface area (Å²) in [5, 5.41) is 2.03. The Morgan fingerprint density at radius 2 is 1.69 bits per heavy atom. The zero-order valence-electron chi connectivity index (χ0n) is 25.9. The summed E-state index contributed by atoms with van der Waals surface area (Å²) >= 11 is 0. The molecule has 2 N–H and O–H groups in total. The molecule has 1 amide bonds. The normalized spacial score (nSPS) is 38.3. The molecule has 0 aromatic carbocycles. The number of fused-ring (bicyclic) bond motifs is 5. The zero-order chi connectivity index (χ0) is 28.6. The maximum absolute atomic E-state index is 12.8. The van der Waals surface area contributed by atoms with Gasteiger partial charge in [0, 0.05) is 19.4 Å². The molecular formula is C32H59N2O4S+. The van der Waals surface area contributed by atoms with Crippen molar-refractivity contribution in [2.24, 2.45) is 46.3 Å². The zero-order valence-corrected chi connectivity index (χ0v) is 26.7. The van der Waals surface area contributed by atoms with Crippen LogP contribution in [-0.2, 0) is 14.9 Å². The largest absolute Gasteiger partial charge is 0.356 e. The lowest BCUT2D eigenvalue weighted by Crippen LogP contribution is -2.54. The van der Waals surface area contributed by atoms with E-state index in [-0.39, 0.29) is 23.4 Å². The minimum absolute atomic E-state index is 0.00342. The van der Waals surface area contributed by atoms with E-state index in [4.69, 9.17) is 0 Å². The molecule has 0 aromatic rings. The van der Waals surface area contributed by atoms with Crippen molar-refractivity contribution in [1.82, 2.24) is 5.32 Å². The minimum Gasteiger partial charge on any atom is -0.356 e. The molecule has 0 bridgehead atoms. The second-order valence-electron chi connectivity index (χ2n) is 15.3. The van der Waals surface area contributed by atoms with Gasteiger partial charge in [0.1, 0.15) is 0 Å². The number of nitrogens with one attached hydrogen (secondary N) is 1. The Hall–Kier alpha value is -0.660. The van der Waals surface area contributed by atoms with E-state index in [2.05, 4.69) is 26.1 Å². The van der Waals surface area contributed by atoms with Crippen LogP contribution in [0.25, 0.3) is 0 Å². The minimum atomic E-state index is -4.20. The molecule has 4 fully saturated rings. The highest BCUT2D eigenvalue weighted by Crippen LogP contribution is 2.68. The van der Waals surface area contributed by atoms with Gasteiger partial charge in [-0.1, -0.05) is 40.5 Å². The molecule has 9 atom stereocenters. The summed E-state index contributed by atoms with van der Waals surface area (Å²) in [6, 6.07) is 0. The molecule has 0 spiro atoms. The average Bonchev–Trinajstić information content (AvgIpc) is 3.21. The Morgan fingerprint density at radius 3 is 2.38 bits per heavy atom. The Balaban J connectivity index is 1.29. The first-order valence-corrected chi connectivity index (χ1v) is 17.8. The van der Waals surface area contributed by atoms with Gasteiger partial charge in [-0.25, -0.2) is 0 Å². The van der Waals surface area contributed by atoms with E-state index in [9.17, 15) is 17.8 Å². The summed E-state index contributed by atoms with van der Waals surface area (Å²) in [5.74, 6) is 4.90. The molecule has 4 saturated carbocycles. The Bertz CT molecular complexity index is 967. The summed E-state index contributed by atoms with van der Waals surface area (Å²) in [6.07, 6.45) is 16.6. The molecule has 4 rings (SSSR count). The lowest BCUT2D eigenvalue weighted by Gasteiger charge is -2.61. The van der Waals surface area contributed by atoms with Gasteiger partial charge >= 0.3 is 10.1 Å². The van der Waals surface area contributed by atoms with Crippen molar-refractivity contribution in [3.63, 3.8) is 0 Å². The summed E-state index contributed by atoms with van der Waals surface area (Å²) in [4.78, 5) is 12.8. The van der Waals surface area contributed by atoms with Crippen molar-refractivity contribution in [3.05, 3.63) is 0 Å². The molecule has 0 radical (unpaired) electrons. The lowest BCUT2D eigenvalue weighted by molar-refractivity contribution is -0.901. The Kier molecular flexibility index (Phi) is 9.55. The number of hydrogen-bond donors (Lipinski definition) is 2. The third kappa shape index (κ3) is 6.26. The van der Waals surface area contributed by atoms with E-state index >= 15 is 0 Å². The van der Waals surface area contributed by atoms with Crippen molar-refractivity contribution < 1.29 is 22.2 Å². The summed E-state index contributed by atoms with van der Waals surface area (Å²) in [6.45, 7) is 10.6. The van der Waals surface area contributed by atoms with Gasteiger partial charge in [-0.2, -0.15) is 8.42 Å². The SMILES string of the molecule is CCC[N+](C)(C)C(CCNC(=O)CC[C@@H](C)[C@H]1CCC2C3CCC4CCCC[C@]4(C)C3CC[C@@]21C)S(=O)(=O)O. The molecule has 0 aromatic heterocycles. The fourth-order valence-corrected chi connectivity index (χ4v) is 12.1. The first-order valence-electron chi connectivity index (χ1n) is 16.3. The lowest BCUT2D eigenvalue weighted by atomic mass is 9.44. The van der Waals surface area contributed by atoms with E-state index in [1.165, 1.54) is 64.2 Å². The third-order valence-corrected chi connectivity index (χ3v) is 14.3. The molecule has 6 nitrogen and oxygen atoms in total. The van der Waals surface area contributed by atoms with Crippen LogP contribution < -0.4 is 5.32 Å². The molecule has 0 heterocycles. The molecular weight excluding hydrogens is 508 g/mol. The molecule has 39 heavy (non-hydrogen) atoms. The molecule has 0 saturated heterocycles. The number of rotatable bonds is 11. The van der Waals surface area contributed by atoms with Gasteiger partial charge in [-0.05, 0) is 111 Å². The van der Waals surface area contributed by atoms with Gasteiger partial charge in [0.05, 0.1) is 20.6 Å². The number of carbonyl (C=O) groups is 1. The van der Waals surface area contributed by atoms with Gasteiger partial charge in [-0.15, -0.1) is 0 Å². The van der Waals surface area contributed by atoms with E-state index in [0.29, 0.717) is 35.6 Å². The number of amides is 1. The van der Waals surface area contributed by atoms with Crippen LogP contribution in [0.1, 0.15) is 118 Å². The van der Waals surface area contributed by atoms with Gasteiger partial charge in [0.15, 0.2) is 0 Å². The molecule has 5 unspecified atom stereocenters. The number of quaternary nitrogens is 1. The highest BCUT2D eigenvalue weighted by atomic mass is 32.2. The Labute approximate surface area is 239 Å². The maximum atomic E-state index is 12.8. The third-order valence-electron chi connectivity index (χ3n) is 12.8. The first-order chi connectivity index (χ1) is 18.2. The van der Waals surface area contributed by atoms with Gasteiger partial charge < -0.3 is 9.80 Å². The summed E-state index contributed by atoms with van der Waals surface area (Å²) < 4.78 is 34.1. The van der Waals surface area contributed by atoms with Crippen molar-refractivity contribution in [3.8, 4) is 0 Å². The summed E-state index contributed by atoms with van der Waals surface area (Å²) in [7, 11) is -0.538. The van der Waals surface area contributed by atoms with Crippen LogP contribution in [0, 0.1) is 46.3 Å². The highest BCUT2D eigenvalue weighted by Gasteiger charge is 2.60. The Morgan fingerprint density at radius 1 is 0.974 bits per heavy atom. The van der Waals surface area contributed by atoms with E-state index in [1.807, 2.05) is 21.0 Å². The van der Waals surface area contributed by atoms with Gasteiger partial charge in [0.25, 0.3) is 0 Å². The average molecular weight is 568 g/mol. The van der Waals surface area contributed by atoms with E-state index < -0.39 is 15.5 Å². The smallest absolute Gasteiger partial charge is 0.319 e. The standard InChI is InChI=1S/C32H58N2O4S/c1-7-22-34(5,6)30(39(36,37)38)18-21-33-29(35)16-11-23(2)26-14-15-27-25-13-12-24-10-8-9-19-31(24,3)28(25)17-20-32(26,27)4/h23-28,30H,7-22H2,1-6H3,(H-,33,35,36,37,38)/p+1/t23-,24?,25?,26-,27?,28?,30?,31+,32-/m1/s1. The first kappa shape index (κ1) is 31.3. The van der Waals surface area contributed by atoms with Crippen LogP contribution in [0.2, 0.25) is 0 Å². The fraction of sp³-hybridized carbons (Fsp3) is 0.969. The molecule has 4 aliphatic rings. The van der Waals surface area contributed by atoms with E-state index in [0.717, 1.165) is 36.5 Å². The molecule has 226 valence electrons. The monoisotopic (exact) mass is 567 g/mol. The van der Waals surface area contributed by atoms with Crippen molar-refractivity contribution in [2.45, 2.75) is 123 Å². The van der Waals surface area contributed by atoms with Crippen molar-refractivity contribution >= 4 is 16.0 Å². The molecule has 4 aliphatic carbocycles. The number of hydrogen-bond acceptors (Lipinski definition) is 3. The number of nitrogens with zero attached hydrogens (tertiary/aromatic N) is 1. The van der Waals surface area contributed by atoms with Gasteiger partial charge in [0.2, 0.25) is 11.3 Å². The quantitative estimate of drug-likeness (QED) is 0.216. The second-order valence-corrected chi connectivity index (χ2v) is 16.8. The van der Waals surface area contributed by atoms with Crippen LogP contribution in [0.4, 0.5) is 0 Å². The fourth-order valence-electron chi connectivity index (χ4n) is 10.8. The predicted octanol–water partition coefficient (Wildman–Crippen LogP) is 6.66. The van der Waals surface area contributed by atoms with Crippen LogP contribution in [-0.4, -0.2) is 55.9 Å².